The summed E-state index contributed by atoms with van der Waals surface area (Å²) in [7, 11) is 1.85. The van der Waals surface area contributed by atoms with Crippen LogP contribution in [0.25, 0.3) is 10.9 Å². The van der Waals surface area contributed by atoms with Gasteiger partial charge in [0.05, 0.1) is 0 Å². The molecule has 3 rings (SSSR count). The minimum atomic E-state index is 0. The van der Waals surface area contributed by atoms with Crippen LogP contribution in [0.2, 0.25) is 0 Å². The monoisotopic (exact) mass is 483 g/mol. The summed E-state index contributed by atoms with van der Waals surface area (Å²) in [6.07, 6.45) is 5.71. The molecule has 1 aliphatic rings. The van der Waals surface area contributed by atoms with E-state index in [4.69, 9.17) is 0 Å². The fourth-order valence-corrected chi connectivity index (χ4v) is 3.85. The van der Waals surface area contributed by atoms with Gasteiger partial charge in [0.1, 0.15) is 0 Å². The number of nitrogens with zero attached hydrogens (tertiary/aromatic N) is 2. The normalized spacial score (nSPS) is 18.5. The SMILES string of the molecule is CN=C(NCCc1c[nH]c2ccccc12)NCC1CCCN(C(C)C)C1.I. The largest absolute Gasteiger partial charge is 0.361 e. The smallest absolute Gasteiger partial charge is 0.190 e. The summed E-state index contributed by atoms with van der Waals surface area (Å²) in [5.74, 6) is 1.62. The van der Waals surface area contributed by atoms with E-state index in [9.17, 15) is 0 Å². The molecule has 0 aliphatic carbocycles. The Balaban J connectivity index is 0.00000261. The van der Waals surface area contributed by atoms with E-state index in [0.29, 0.717) is 12.0 Å². The average Bonchev–Trinajstić information content (AvgIpc) is 3.08. The standard InChI is InChI=1S/C21H33N5.HI/c1-16(2)26-12-6-7-17(15-26)13-25-21(22-3)23-11-10-18-14-24-20-9-5-4-8-19(18)20;/h4-5,8-9,14,16-17,24H,6-7,10-13,15H2,1-3H3,(H2,22,23,25);1H. The maximum absolute atomic E-state index is 4.38. The van der Waals surface area contributed by atoms with Crippen molar-refractivity contribution in [2.24, 2.45) is 10.9 Å². The number of halogens is 1. The molecule has 27 heavy (non-hydrogen) atoms. The molecule has 1 saturated heterocycles. The van der Waals surface area contributed by atoms with Gasteiger partial charge in [0.2, 0.25) is 0 Å². The predicted molar refractivity (Wildman–Crippen MR) is 126 cm³/mol. The second-order valence-electron chi connectivity index (χ2n) is 7.59. The van der Waals surface area contributed by atoms with E-state index in [2.05, 4.69) is 69.8 Å². The van der Waals surface area contributed by atoms with Crippen molar-refractivity contribution in [2.45, 2.75) is 39.2 Å². The van der Waals surface area contributed by atoms with Crippen LogP contribution in [0.3, 0.4) is 0 Å². The molecule has 6 heteroatoms. The number of rotatable bonds is 6. The second-order valence-corrected chi connectivity index (χ2v) is 7.59. The number of hydrogen-bond donors (Lipinski definition) is 3. The quantitative estimate of drug-likeness (QED) is 0.334. The number of nitrogens with one attached hydrogen (secondary N) is 3. The Bertz CT molecular complexity index is 724. The van der Waals surface area contributed by atoms with Crippen molar-refractivity contribution in [3.63, 3.8) is 0 Å². The van der Waals surface area contributed by atoms with Crippen molar-refractivity contribution in [1.82, 2.24) is 20.5 Å². The highest BCUT2D eigenvalue weighted by molar-refractivity contribution is 14.0. The Hall–Kier alpha value is -1.28. The van der Waals surface area contributed by atoms with E-state index >= 15 is 0 Å². The average molecular weight is 483 g/mol. The Morgan fingerprint density at radius 3 is 2.89 bits per heavy atom. The van der Waals surface area contributed by atoms with Crippen LogP contribution < -0.4 is 10.6 Å². The van der Waals surface area contributed by atoms with Crippen LogP contribution in [0, 0.1) is 5.92 Å². The van der Waals surface area contributed by atoms with E-state index in [-0.39, 0.29) is 24.0 Å². The summed E-state index contributed by atoms with van der Waals surface area (Å²) >= 11 is 0. The number of hydrogen-bond acceptors (Lipinski definition) is 2. The van der Waals surface area contributed by atoms with E-state index in [1.807, 2.05) is 7.05 Å². The zero-order valence-corrected chi connectivity index (χ0v) is 19.1. The van der Waals surface area contributed by atoms with Gasteiger partial charge in [-0.3, -0.25) is 4.99 Å². The number of benzene rings is 1. The number of aliphatic imine (C=N–C) groups is 1. The van der Waals surface area contributed by atoms with Gasteiger partial charge in [-0.25, -0.2) is 0 Å². The molecule has 0 amide bonds. The van der Waals surface area contributed by atoms with Crippen molar-refractivity contribution >= 4 is 40.8 Å². The van der Waals surface area contributed by atoms with Gasteiger partial charge in [-0.1, -0.05) is 18.2 Å². The Morgan fingerprint density at radius 2 is 2.11 bits per heavy atom. The third kappa shape index (κ3) is 6.10. The lowest BCUT2D eigenvalue weighted by molar-refractivity contribution is 0.141. The van der Waals surface area contributed by atoms with Gasteiger partial charge in [0, 0.05) is 49.8 Å². The number of fused-ring (bicyclic) bond motifs is 1. The fraction of sp³-hybridized carbons (Fsp3) is 0.571. The lowest BCUT2D eigenvalue weighted by atomic mass is 9.97. The molecular formula is C21H34IN5. The van der Waals surface area contributed by atoms with Gasteiger partial charge >= 0.3 is 0 Å². The fourth-order valence-electron chi connectivity index (χ4n) is 3.85. The van der Waals surface area contributed by atoms with Crippen LogP contribution in [0.4, 0.5) is 0 Å². The van der Waals surface area contributed by atoms with Crippen molar-refractivity contribution in [3.8, 4) is 0 Å². The van der Waals surface area contributed by atoms with Crippen LogP contribution in [0.1, 0.15) is 32.3 Å². The van der Waals surface area contributed by atoms with Crippen LogP contribution in [-0.2, 0) is 6.42 Å². The van der Waals surface area contributed by atoms with Crippen LogP contribution in [0.15, 0.2) is 35.5 Å². The first kappa shape index (κ1) is 22.0. The summed E-state index contributed by atoms with van der Waals surface area (Å²) in [4.78, 5) is 10.3. The lowest BCUT2D eigenvalue weighted by Gasteiger charge is -2.35. The number of H-pyrrole nitrogens is 1. The number of piperidine rings is 1. The molecule has 1 unspecified atom stereocenters. The van der Waals surface area contributed by atoms with Crippen molar-refractivity contribution in [2.75, 3.05) is 33.2 Å². The number of likely N-dealkylation sites (tertiary alicyclic amines) is 1. The Kier molecular flexibility index (Phi) is 8.89. The molecule has 1 atom stereocenters. The van der Waals surface area contributed by atoms with Crippen LogP contribution in [-0.4, -0.2) is 55.1 Å². The minimum Gasteiger partial charge on any atom is -0.361 e. The second kappa shape index (κ2) is 10.9. The van der Waals surface area contributed by atoms with Gasteiger partial charge in [-0.15, -0.1) is 24.0 Å². The molecule has 2 aromatic rings. The van der Waals surface area contributed by atoms with E-state index < -0.39 is 0 Å². The molecule has 1 fully saturated rings. The molecule has 1 aromatic heterocycles. The van der Waals surface area contributed by atoms with Gasteiger partial charge in [0.15, 0.2) is 5.96 Å². The molecule has 0 spiro atoms. The van der Waals surface area contributed by atoms with Gasteiger partial charge in [0.25, 0.3) is 0 Å². The van der Waals surface area contributed by atoms with Crippen molar-refractivity contribution < 1.29 is 0 Å². The Labute approximate surface area is 180 Å². The summed E-state index contributed by atoms with van der Waals surface area (Å²) in [6.45, 7) is 8.89. The molecule has 150 valence electrons. The van der Waals surface area contributed by atoms with Crippen molar-refractivity contribution in [3.05, 3.63) is 36.0 Å². The summed E-state index contributed by atoms with van der Waals surface area (Å²) in [5, 5.41) is 8.29. The summed E-state index contributed by atoms with van der Waals surface area (Å²) in [6, 6.07) is 9.11. The maximum Gasteiger partial charge on any atom is 0.190 e. The summed E-state index contributed by atoms with van der Waals surface area (Å²) < 4.78 is 0. The van der Waals surface area contributed by atoms with Gasteiger partial charge < -0.3 is 20.5 Å². The van der Waals surface area contributed by atoms with Crippen LogP contribution in [0.5, 0.6) is 0 Å². The molecule has 1 aliphatic heterocycles. The number of guanidine groups is 1. The molecule has 5 nitrogen and oxygen atoms in total. The van der Waals surface area contributed by atoms with E-state index in [0.717, 1.165) is 25.5 Å². The van der Waals surface area contributed by atoms with Gasteiger partial charge in [-0.2, -0.15) is 0 Å². The predicted octanol–water partition coefficient (Wildman–Crippen LogP) is 3.61. The lowest BCUT2D eigenvalue weighted by Crippen LogP contribution is -2.46. The van der Waals surface area contributed by atoms with E-state index in [1.165, 1.54) is 42.4 Å². The Morgan fingerprint density at radius 1 is 1.30 bits per heavy atom. The zero-order valence-electron chi connectivity index (χ0n) is 16.8. The molecule has 0 radical (unpaired) electrons. The molecule has 2 heterocycles. The topological polar surface area (TPSA) is 55.5 Å². The molecule has 0 bridgehead atoms. The first-order chi connectivity index (χ1) is 12.7. The maximum atomic E-state index is 4.38. The first-order valence-corrected chi connectivity index (χ1v) is 9.91. The molecule has 0 saturated carbocycles. The molecule has 1 aromatic carbocycles. The summed E-state index contributed by atoms with van der Waals surface area (Å²) in [5.41, 5.74) is 2.56. The van der Waals surface area contributed by atoms with Crippen LogP contribution >= 0.6 is 24.0 Å². The number of aromatic nitrogens is 1. The van der Waals surface area contributed by atoms with Crippen molar-refractivity contribution in [1.29, 1.82) is 0 Å². The van der Waals surface area contributed by atoms with E-state index in [1.54, 1.807) is 0 Å². The first-order valence-electron chi connectivity index (χ1n) is 9.91. The highest BCUT2D eigenvalue weighted by Crippen LogP contribution is 2.18. The third-order valence-corrected chi connectivity index (χ3v) is 5.42. The molecular weight excluding hydrogens is 449 g/mol. The third-order valence-electron chi connectivity index (χ3n) is 5.42. The minimum absolute atomic E-state index is 0. The van der Waals surface area contributed by atoms with Gasteiger partial charge in [-0.05, 0) is 57.2 Å². The molecule has 3 N–H and O–H groups in total. The zero-order chi connectivity index (χ0) is 18.4. The number of aromatic amines is 1. The highest BCUT2D eigenvalue weighted by atomic mass is 127. The highest BCUT2D eigenvalue weighted by Gasteiger charge is 2.21. The number of para-hydroxylation sites is 1.